The van der Waals surface area contributed by atoms with Gasteiger partial charge in [-0.25, -0.2) is 12.8 Å². The maximum atomic E-state index is 13.3. The standard InChI is InChI=1S/C13H16FNO4S/c1-2-20(18,19)11-10(13(11,7-15)12(16)17)8-4-3-5-9(14)6-8/h3-6,10-11H,2,7,15H2,1H3,(H,16,17). The number of carboxylic acids is 1. The molecule has 1 aromatic carbocycles. The molecule has 0 aliphatic heterocycles. The van der Waals surface area contributed by atoms with E-state index in [1.807, 2.05) is 0 Å². The molecule has 1 saturated carbocycles. The third-order valence-electron chi connectivity index (χ3n) is 3.99. The van der Waals surface area contributed by atoms with Gasteiger partial charge in [-0.15, -0.1) is 0 Å². The number of hydrogen-bond donors (Lipinski definition) is 2. The van der Waals surface area contributed by atoms with Crippen molar-refractivity contribution in [3.05, 3.63) is 35.6 Å². The van der Waals surface area contributed by atoms with E-state index in [0.717, 1.165) is 0 Å². The average molecular weight is 301 g/mol. The highest BCUT2D eigenvalue weighted by Gasteiger charge is 2.74. The highest BCUT2D eigenvalue weighted by molar-refractivity contribution is 7.92. The lowest BCUT2D eigenvalue weighted by molar-refractivity contribution is -0.143. The first-order chi connectivity index (χ1) is 9.31. The van der Waals surface area contributed by atoms with Crippen molar-refractivity contribution in [1.82, 2.24) is 0 Å². The Morgan fingerprint density at radius 1 is 1.50 bits per heavy atom. The summed E-state index contributed by atoms with van der Waals surface area (Å²) >= 11 is 0. The Kier molecular flexibility index (Phi) is 3.60. The van der Waals surface area contributed by atoms with Crippen LogP contribution in [0.2, 0.25) is 0 Å². The summed E-state index contributed by atoms with van der Waals surface area (Å²) in [5.41, 5.74) is 4.35. The molecule has 0 saturated heterocycles. The third kappa shape index (κ3) is 2.01. The van der Waals surface area contributed by atoms with Gasteiger partial charge in [0.2, 0.25) is 0 Å². The molecule has 0 amide bonds. The van der Waals surface area contributed by atoms with Gasteiger partial charge in [0, 0.05) is 18.2 Å². The number of hydrogen-bond acceptors (Lipinski definition) is 4. The number of halogens is 1. The van der Waals surface area contributed by atoms with Crippen LogP contribution >= 0.6 is 0 Å². The molecule has 2 rings (SSSR count). The van der Waals surface area contributed by atoms with Crippen LogP contribution in [0.1, 0.15) is 18.4 Å². The lowest BCUT2D eigenvalue weighted by Gasteiger charge is -2.09. The van der Waals surface area contributed by atoms with Gasteiger partial charge < -0.3 is 10.8 Å². The highest BCUT2D eigenvalue weighted by atomic mass is 32.2. The predicted molar refractivity (Wildman–Crippen MR) is 71.5 cm³/mol. The molecule has 3 unspecified atom stereocenters. The van der Waals surface area contributed by atoms with Crippen LogP contribution in [0, 0.1) is 11.2 Å². The number of aliphatic carboxylic acids is 1. The van der Waals surface area contributed by atoms with E-state index in [2.05, 4.69) is 0 Å². The second kappa shape index (κ2) is 4.82. The first kappa shape index (κ1) is 14.9. The first-order valence-corrected chi connectivity index (χ1v) is 7.93. The van der Waals surface area contributed by atoms with E-state index in [1.165, 1.54) is 31.2 Å². The van der Waals surface area contributed by atoms with Crippen LogP contribution < -0.4 is 5.73 Å². The normalized spacial score (nSPS) is 29.1. The molecule has 3 atom stereocenters. The van der Waals surface area contributed by atoms with E-state index in [4.69, 9.17) is 5.73 Å². The van der Waals surface area contributed by atoms with Gasteiger partial charge in [-0.05, 0) is 17.7 Å². The second-order valence-electron chi connectivity index (χ2n) is 4.95. The van der Waals surface area contributed by atoms with Crippen LogP contribution in [-0.2, 0) is 14.6 Å². The first-order valence-electron chi connectivity index (χ1n) is 6.21. The zero-order chi connectivity index (χ0) is 15.1. The molecule has 3 N–H and O–H groups in total. The fraction of sp³-hybridized carbons (Fsp3) is 0.462. The molecule has 0 spiro atoms. The van der Waals surface area contributed by atoms with Gasteiger partial charge in [-0.3, -0.25) is 4.79 Å². The van der Waals surface area contributed by atoms with Crippen molar-refractivity contribution in [3.63, 3.8) is 0 Å². The van der Waals surface area contributed by atoms with E-state index in [0.29, 0.717) is 5.56 Å². The van der Waals surface area contributed by atoms with Crippen molar-refractivity contribution >= 4 is 15.8 Å². The minimum absolute atomic E-state index is 0.168. The van der Waals surface area contributed by atoms with Gasteiger partial charge >= 0.3 is 5.97 Å². The van der Waals surface area contributed by atoms with Gasteiger partial charge in [0.05, 0.1) is 5.25 Å². The van der Waals surface area contributed by atoms with Gasteiger partial charge in [-0.2, -0.15) is 0 Å². The van der Waals surface area contributed by atoms with Crippen molar-refractivity contribution in [2.75, 3.05) is 12.3 Å². The molecular formula is C13H16FNO4S. The van der Waals surface area contributed by atoms with Crippen LogP contribution in [0.5, 0.6) is 0 Å². The lowest BCUT2D eigenvalue weighted by Crippen LogP contribution is -2.32. The Morgan fingerprint density at radius 3 is 2.60 bits per heavy atom. The molecule has 1 aliphatic carbocycles. The molecule has 1 fully saturated rings. The number of nitrogens with two attached hydrogens (primary N) is 1. The fourth-order valence-corrected chi connectivity index (χ4v) is 4.95. The Labute approximate surface area is 116 Å². The maximum Gasteiger partial charge on any atom is 0.312 e. The molecule has 1 aromatic rings. The maximum absolute atomic E-state index is 13.3. The summed E-state index contributed by atoms with van der Waals surface area (Å²) in [4.78, 5) is 11.5. The SMILES string of the molecule is CCS(=O)(=O)C1C(c2cccc(F)c2)C1(CN)C(=O)O. The van der Waals surface area contributed by atoms with Crippen LogP contribution in [0.25, 0.3) is 0 Å². The summed E-state index contributed by atoms with van der Waals surface area (Å²) in [5.74, 6) is -2.75. The Balaban J connectivity index is 2.54. The van der Waals surface area contributed by atoms with E-state index < -0.39 is 38.2 Å². The molecule has 110 valence electrons. The van der Waals surface area contributed by atoms with E-state index in [1.54, 1.807) is 0 Å². The van der Waals surface area contributed by atoms with Crippen molar-refractivity contribution in [2.24, 2.45) is 11.1 Å². The Morgan fingerprint density at radius 2 is 2.15 bits per heavy atom. The smallest absolute Gasteiger partial charge is 0.312 e. The molecule has 0 radical (unpaired) electrons. The van der Waals surface area contributed by atoms with Crippen molar-refractivity contribution in [2.45, 2.75) is 18.1 Å². The van der Waals surface area contributed by atoms with Gasteiger partial charge in [0.25, 0.3) is 0 Å². The van der Waals surface area contributed by atoms with Gasteiger partial charge in [0.15, 0.2) is 9.84 Å². The van der Waals surface area contributed by atoms with Crippen LogP contribution in [0.4, 0.5) is 4.39 Å². The van der Waals surface area contributed by atoms with Gasteiger partial charge in [0.1, 0.15) is 11.2 Å². The van der Waals surface area contributed by atoms with E-state index >= 15 is 0 Å². The zero-order valence-electron chi connectivity index (χ0n) is 10.9. The molecule has 1 aliphatic rings. The Bertz CT molecular complexity index is 646. The highest BCUT2D eigenvalue weighted by Crippen LogP contribution is 2.62. The fourth-order valence-electron chi connectivity index (χ4n) is 2.87. The quantitative estimate of drug-likeness (QED) is 0.836. The zero-order valence-corrected chi connectivity index (χ0v) is 11.7. The summed E-state index contributed by atoms with van der Waals surface area (Å²) in [6.45, 7) is 1.16. The second-order valence-corrected chi connectivity index (χ2v) is 7.37. The molecule has 0 bridgehead atoms. The molecule has 0 heterocycles. The number of benzene rings is 1. The van der Waals surface area contributed by atoms with Crippen molar-refractivity contribution < 1.29 is 22.7 Å². The molecule has 7 heteroatoms. The molecular weight excluding hydrogens is 285 g/mol. The van der Waals surface area contributed by atoms with Crippen LogP contribution in [0.3, 0.4) is 0 Å². The Hall–Kier alpha value is -1.47. The molecule has 20 heavy (non-hydrogen) atoms. The average Bonchev–Trinajstić information content (AvgIpc) is 3.10. The van der Waals surface area contributed by atoms with Crippen LogP contribution in [-0.4, -0.2) is 37.0 Å². The summed E-state index contributed by atoms with van der Waals surface area (Å²) in [7, 11) is -3.58. The summed E-state index contributed by atoms with van der Waals surface area (Å²) in [6.07, 6.45) is 0. The lowest BCUT2D eigenvalue weighted by atomic mass is 9.99. The molecule has 5 nitrogen and oxygen atoms in total. The topological polar surface area (TPSA) is 97.5 Å². The predicted octanol–water partition coefficient (Wildman–Crippen LogP) is 0.756. The minimum Gasteiger partial charge on any atom is -0.481 e. The van der Waals surface area contributed by atoms with Crippen molar-refractivity contribution in [1.29, 1.82) is 0 Å². The van der Waals surface area contributed by atoms with Gasteiger partial charge in [-0.1, -0.05) is 19.1 Å². The number of carboxylic acid groups (broad SMARTS) is 1. The number of carbonyl (C=O) groups is 1. The molecule has 0 aromatic heterocycles. The van der Waals surface area contributed by atoms with Crippen molar-refractivity contribution in [3.8, 4) is 0 Å². The van der Waals surface area contributed by atoms with E-state index in [-0.39, 0.29) is 12.3 Å². The number of rotatable bonds is 5. The summed E-state index contributed by atoms with van der Waals surface area (Å²) in [5, 5.41) is 8.30. The third-order valence-corrected chi connectivity index (χ3v) is 6.26. The summed E-state index contributed by atoms with van der Waals surface area (Å²) in [6, 6.07) is 5.36. The minimum atomic E-state index is -3.58. The summed E-state index contributed by atoms with van der Waals surface area (Å²) < 4.78 is 37.5. The largest absolute Gasteiger partial charge is 0.481 e. The monoisotopic (exact) mass is 301 g/mol. The van der Waals surface area contributed by atoms with E-state index in [9.17, 15) is 22.7 Å². The van der Waals surface area contributed by atoms with Crippen LogP contribution in [0.15, 0.2) is 24.3 Å². The number of sulfone groups is 1.